The summed E-state index contributed by atoms with van der Waals surface area (Å²) in [5.41, 5.74) is -0.364. The molecular weight excluding hydrogens is 443 g/mol. The Labute approximate surface area is 128 Å². The van der Waals surface area contributed by atoms with Gasteiger partial charge in [0.05, 0.1) is 13.2 Å². The molecule has 4 nitrogen and oxygen atoms in total. The summed E-state index contributed by atoms with van der Waals surface area (Å²) < 4.78 is 26.9. The van der Waals surface area contributed by atoms with Crippen LogP contribution in [0.5, 0.6) is 0 Å². The van der Waals surface area contributed by atoms with Crippen LogP contribution >= 0.6 is 55.6 Å². The molecule has 0 aromatic carbocycles. The summed E-state index contributed by atoms with van der Waals surface area (Å²) in [5.74, 6) is 0. The van der Waals surface area contributed by atoms with Crippen molar-refractivity contribution < 1.29 is 18.1 Å². The highest BCUT2D eigenvalue weighted by Crippen LogP contribution is 2.60. The normalized spacial score (nSPS) is 14.1. The first-order chi connectivity index (χ1) is 7.64. The molecule has 0 atom stereocenters. The molecule has 0 aliphatic carbocycles. The SMILES string of the molecule is CCOP(=O)(OCC)OC(Br)(Br)C(C)(C)CBr. The van der Waals surface area contributed by atoms with Crippen molar-refractivity contribution in [1.29, 1.82) is 0 Å². The minimum Gasteiger partial charge on any atom is -0.287 e. The maximum Gasteiger partial charge on any atom is 0.476 e. The van der Waals surface area contributed by atoms with Crippen LogP contribution in [0.1, 0.15) is 27.7 Å². The molecule has 0 aromatic rings. The summed E-state index contributed by atoms with van der Waals surface area (Å²) >= 11 is 10.1. The first-order valence-corrected chi connectivity index (χ1v) is 9.34. The maximum atomic E-state index is 12.2. The number of phosphoric acid groups is 1. The third-order valence-electron chi connectivity index (χ3n) is 1.92. The molecule has 0 rings (SSSR count). The highest BCUT2D eigenvalue weighted by Gasteiger charge is 2.47. The number of alkyl halides is 3. The van der Waals surface area contributed by atoms with Gasteiger partial charge in [-0.15, -0.1) is 0 Å². The molecule has 0 saturated carbocycles. The molecule has 0 N–H and O–H groups in total. The van der Waals surface area contributed by atoms with Crippen molar-refractivity contribution in [2.24, 2.45) is 5.41 Å². The summed E-state index contributed by atoms with van der Waals surface area (Å²) in [7, 11) is -3.57. The van der Waals surface area contributed by atoms with Crippen LogP contribution in [-0.4, -0.2) is 22.0 Å². The lowest BCUT2D eigenvalue weighted by Gasteiger charge is -2.37. The first kappa shape index (κ1) is 18.6. The summed E-state index contributed by atoms with van der Waals surface area (Å²) in [6, 6.07) is 0. The van der Waals surface area contributed by atoms with Gasteiger partial charge in [-0.05, 0) is 45.7 Å². The van der Waals surface area contributed by atoms with Crippen LogP contribution in [0.4, 0.5) is 0 Å². The van der Waals surface area contributed by atoms with Crippen molar-refractivity contribution in [2.45, 2.75) is 31.1 Å². The van der Waals surface area contributed by atoms with Gasteiger partial charge in [0, 0.05) is 10.7 Å². The molecule has 104 valence electrons. The van der Waals surface area contributed by atoms with Gasteiger partial charge in [0.2, 0.25) is 0 Å². The van der Waals surface area contributed by atoms with Gasteiger partial charge in [-0.1, -0.05) is 29.8 Å². The Morgan fingerprint density at radius 2 is 1.53 bits per heavy atom. The highest BCUT2D eigenvalue weighted by atomic mass is 79.9. The molecule has 0 aromatic heterocycles. The number of halogens is 3. The molecule has 0 unspecified atom stereocenters. The predicted octanol–water partition coefficient (Wildman–Crippen LogP) is 5.05. The molecule has 0 saturated heterocycles. The van der Waals surface area contributed by atoms with Crippen molar-refractivity contribution >= 4 is 55.6 Å². The fourth-order valence-corrected chi connectivity index (χ4v) is 4.58. The highest BCUT2D eigenvalue weighted by molar-refractivity contribution is 9.25. The van der Waals surface area contributed by atoms with Crippen molar-refractivity contribution in [2.75, 3.05) is 18.5 Å². The summed E-state index contributed by atoms with van der Waals surface area (Å²) in [6.45, 7) is 7.84. The van der Waals surface area contributed by atoms with Gasteiger partial charge >= 0.3 is 7.82 Å². The Morgan fingerprint density at radius 3 is 1.82 bits per heavy atom. The van der Waals surface area contributed by atoms with Crippen LogP contribution in [0, 0.1) is 5.41 Å². The molecule has 0 bridgehead atoms. The number of phosphoric ester groups is 1. The lowest BCUT2D eigenvalue weighted by molar-refractivity contribution is 0.0673. The van der Waals surface area contributed by atoms with Gasteiger partial charge in [-0.25, -0.2) is 4.57 Å². The largest absolute Gasteiger partial charge is 0.476 e. The van der Waals surface area contributed by atoms with E-state index >= 15 is 0 Å². The van der Waals surface area contributed by atoms with E-state index in [1.807, 2.05) is 13.8 Å². The molecular formula is C9H18Br3O4P. The van der Waals surface area contributed by atoms with Gasteiger partial charge in [0.25, 0.3) is 0 Å². The summed E-state index contributed by atoms with van der Waals surface area (Å²) in [5, 5.41) is 0.634. The van der Waals surface area contributed by atoms with Gasteiger partial charge < -0.3 is 0 Å². The topological polar surface area (TPSA) is 44.8 Å². The van der Waals surface area contributed by atoms with Crippen LogP contribution in [0.25, 0.3) is 0 Å². The van der Waals surface area contributed by atoms with E-state index in [9.17, 15) is 4.57 Å². The minimum atomic E-state index is -3.57. The van der Waals surface area contributed by atoms with E-state index in [0.29, 0.717) is 5.33 Å². The van der Waals surface area contributed by atoms with E-state index in [1.54, 1.807) is 13.8 Å². The quantitative estimate of drug-likeness (QED) is 0.375. The van der Waals surface area contributed by atoms with Gasteiger partial charge in [0.15, 0.2) is 3.42 Å². The fraction of sp³-hybridized carbons (Fsp3) is 1.00. The zero-order chi connectivity index (χ0) is 13.7. The molecule has 0 aliphatic heterocycles. The first-order valence-electron chi connectivity index (χ1n) is 5.17. The lowest BCUT2D eigenvalue weighted by atomic mass is 9.98. The standard InChI is InChI=1S/C9H18Br3O4P/c1-5-14-17(13,15-6-2)16-9(11,12)8(3,4)7-10/h5-7H2,1-4H3. The molecule has 0 heterocycles. The zero-order valence-electron chi connectivity index (χ0n) is 10.3. The van der Waals surface area contributed by atoms with Gasteiger partial charge in [0.1, 0.15) is 0 Å². The van der Waals surface area contributed by atoms with Crippen molar-refractivity contribution in [1.82, 2.24) is 0 Å². The van der Waals surface area contributed by atoms with Gasteiger partial charge in [-0.3, -0.25) is 13.6 Å². The second-order valence-electron chi connectivity index (χ2n) is 3.91. The Balaban J connectivity index is 4.93. The van der Waals surface area contributed by atoms with Crippen molar-refractivity contribution in [3.63, 3.8) is 0 Å². The molecule has 0 fully saturated rings. The Morgan fingerprint density at radius 1 is 1.12 bits per heavy atom. The average molecular weight is 461 g/mol. The average Bonchev–Trinajstić information content (AvgIpc) is 2.16. The molecule has 17 heavy (non-hydrogen) atoms. The Bertz CT molecular complexity index is 273. The van der Waals surface area contributed by atoms with Crippen LogP contribution in [0.15, 0.2) is 0 Å². The van der Waals surface area contributed by atoms with E-state index in [1.165, 1.54) is 0 Å². The molecule has 8 heteroatoms. The molecule has 0 spiro atoms. The van der Waals surface area contributed by atoms with Crippen LogP contribution in [0.3, 0.4) is 0 Å². The third-order valence-corrected chi connectivity index (χ3v) is 7.94. The van der Waals surface area contributed by atoms with Crippen LogP contribution in [0.2, 0.25) is 0 Å². The summed E-state index contributed by atoms with van der Waals surface area (Å²) in [6.07, 6.45) is 0. The van der Waals surface area contributed by atoms with E-state index in [0.717, 1.165) is 0 Å². The Kier molecular flexibility index (Phi) is 8.04. The van der Waals surface area contributed by atoms with E-state index in [-0.39, 0.29) is 18.6 Å². The number of hydrogen-bond donors (Lipinski definition) is 0. The van der Waals surface area contributed by atoms with Crippen LogP contribution in [-0.2, 0) is 18.1 Å². The Hall–Kier alpha value is 1.55. The smallest absolute Gasteiger partial charge is 0.287 e. The van der Waals surface area contributed by atoms with E-state index < -0.39 is 11.2 Å². The predicted molar refractivity (Wildman–Crippen MR) is 80.1 cm³/mol. The minimum absolute atomic E-state index is 0.252. The molecule has 0 aliphatic rings. The molecule has 0 amide bonds. The lowest BCUT2D eigenvalue weighted by Crippen LogP contribution is -2.37. The van der Waals surface area contributed by atoms with Crippen molar-refractivity contribution in [3.8, 4) is 0 Å². The van der Waals surface area contributed by atoms with E-state index in [2.05, 4.69) is 47.8 Å². The second-order valence-corrected chi connectivity index (χ2v) is 9.36. The monoisotopic (exact) mass is 458 g/mol. The zero-order valence-corrected chi connectivity index (χ0v) is 16.0. The third kappa shape index (κ3) is 5.59. The van der Waals surface area contributed by atoms with E-state index in [4.69, 9.17) is 13.6 Å². The summed E-state index contributed by atoms with van der Waals surface area (Å²) in [4.78, 5) is 0. The maximum absolute atomic E-state index is 12.2. The molecule has 0 radical (unpaired) electrons. The van der Waals surface area contributed by atoms with Crippen LogP contribution < -0.4 is 0 Å². The van der Waals surface area contributed by atoms with Gasteiger partial charge in [-0.2, -0.15) is 0 Å². The second kappa shape index (κ2) is 7.36. The number of rotatable bonds is 8. The fourth-order valence-electron chi connectivity index (χ4n) is 0.748. The number of hydrogen-bond acceptors (Lipinski definition) is 4. The van der Waals surface area contributed by atoms with Crippen molar-refractivity contribution in [3.05, 3.63) is 0 Å².